The number of alkyl halides is 2. The van der Waals surface area contributed by atoms with Gasteiger partial charge in [0, 0.05) is 9.86 Å². The Kier molecular flexibility index (Phi) is 3.71. The van der Waals surface area contributed by atoms with Gasteiger partial charge in [-0.25, -0.2) is 4.98 Å². The normalized spacial score (nSPS) is 11.3. The number of nitrogens with zero attached hydrogens (tertiary/aromatic N) is 1. The molecular formula is C10H5Br3ClN. The number of hydrogen-bond acceptors (Lipinski definition) is 1. The van der Waals surface area contributed by atoms with Crippen molar-refractivity contribution >= 4 is 70.3 Å². The highest BCUT2D eigenvalue weighted by atomic mass is 79.9. The van der Waals surface area contributed by atoms with Gasteiger partial charge in [-0.1, -0.05) is 59.4 Å². The third-order valence-corrected chi connectivity index (χ3v) is 3.93. The topological polar surface area (TPSA) is 12.9 Å². The van der Waals surface area contributed by atoms with E-state index in [1.165, 1.54) is 0 Å². The molecule has 78 valence electrons. The number of pyridine rings is 1. The van der Waals surface area contributed by atoms with Gasteiger partial charge in [0.05, 0.1) is 16.2 Å². The van der Waals surface area contributed by atoms with Crippen molar-refractivity contribution in [3.63, 3.8) is 0 Å². The lowest BCUT2D eigenvalue weighted by Crippen LogP contribution is -1.89. The van der Waals surface area contributed by atoms with Crippen molar-refractivity contribution in [2.24, 2.45) is 0 Å². The van der Waals surface area contributed by atoms with Gasteiger partial charge < -0.3 is 0 Å². The van der Waals surface area contributed by atoms with E-state index in [0.717, 1.165) is 21.1 Å². The van der Waals surface area contributed by atoms with E-state index in [-0.39, 0.29) is 3.74 Å². The second kappa shape index (κ2) is 4.70. The Labute approximate surface area is 118 Å². The number of rotatable bonds is 1. The Morgan fingerprint density at radius 3 is 2.53 bits per heavy atom. The van der Waals surface area contributed by atoms with Crippen LogP contribution in [0.15, 0.2) is 28.7 Å². The highest BCUT2D eigenvalue weighted by Gasteiger charge is 2.09. The molecule has 0 radical (unpaired) electrons. The molecule has 2 rings (SSSR count). The number of aromatic nitrogens is 1. The smallest absolute Gasteiger partial charge is 0.112 e. The van der Waals surface area contributed by atoms with Gasteiger partial charge in [0.1, 0.15) is 3.74 Å². The van der Waals surface area contributed by atoms with Crippen LogP contribution in [-0.2, 0) is 0 Å². The van der Waals surface area contributed by atoms with E-state index in [0.29, 0.717) is 5.02 Å². The number of halogens is 4. The second-order valence-electron chi connectivity index (χ2n) is 2.96. The molecule has 0 amide bonds. The largest absolute Gasteiger partial charge is 0.249 e. The maximum atomic E-state index is 6.09. The lowest BCUT2D eigenvalue weighted by molar-refractivity contribution is 1.23. The third kappa shape index (κ3) is 2.38. The van der Waals surface area contributed by atoms with Gasteiger partial charge in [-0.3, -0.25) is 0 Å². The molecule has 0 aliphatic carbocycles. The van der Waals surface area contributed by atoms with E-state index in [1.54, 1.807) is 0 Å². The van der Waals surface area contributed by atoms with Crippen molar-refractivity contribution in [3.8, 4) is 0 Å². The van der Waals surface area contributed by atoms with Gasteiger partial charge in [-0.15, -0.1) is 0 Å². The summed E-state index contributed by atoms with van der Waals surface area (Å²) in [6.07, 6.45) is 0. The van der Waals surface area contributed by atoms with Crippen LogP contribution in [0.25, 0.3) is 10.9 Å². The lowest BCUT2D eigenvalue weighted by atomic mass is 10.2. The van der Waals surface area contributed by atoms with E-state index in [2.05, 4.69) is 52.8 Å². The molecule has 0 fully saturated rings. The zero-order valence-corrected chi connectivity index (χ0v) is 12.9. The summed E-state index contributed by atoms with van der Waals surface area (Å²) in [4.78, 5) is 4.48. The third-order valence-electron chi connectivity index (χ3n) is 2.00. The fraction of sp³-hybridized carbons (Fsp3) is 0.100. The Bertz CT molecular complexity index is 513. The van der Waals surface area contributed by atoms with Crippen LogP contribution in [0.2, 0.25) is 5.02 Å². The first kappa shape index (κ1) is 11.8. The summed E-state index contributed by atoms with van der Waals surface area (Å²) in [7, 11) is 0. The minimum atomic E-state index is 0.0458. The van der Waals surface area contributed by atoms with Crippen molar-refractivity contribution in [1.29, 1.82) is 0 Å². The first-order valence-electron chi connectivity index (χ1n) is 4.12. The summed E-state index contributed by atoms with van der Waals surface area (Å²) in [6.45, 7) is 0. The minimum absolute atomic E-state index is 0.0458. The lowest BCUT2D eigenvalue weighted by Gasteiger charge is -2.06. The van der Waals surface area contributed by atoms with Crippen molar-refractivity contribution in [2.75, 3.05) is 0 Å². The highest BCUT2D eigenvalue weighted by molar-refractivity contribution is 9.24. The van der Waals surface area contributed by atoms with E-state index >= 15 is 0 Å². The Morgan fingerprint density at radius 1 is 1.13 bits per heavy atom. The van der Waals surface area contributed by atoms with Crippen LogP contribution >= 0.6 is 59.4 Å². The molecule has 0 bridgehead atoms. The zero-order valence-electron chi connectivity index (χ0n) is 7.35. The average molecular weight is 414 g/mol. The minimum Gasteiger partial charge on any atom is -0.249 e. The van der Waals surface area contributed by atoms with E-state index in [9.17, 15) is 0 Å². The maximum absolute atomic E-state index is 6.09. The van der Waals surface area contributed by atoms with E-state index in [4.69, 9.17) is 11.6 Å². The molecule has 1 aromatic heterocycles. The summed E-state index contributed by atoms with van der Waals surface area (Å²) >= 11 is 16.4. The number of fused-ring (bicyclic) bond motifs is 1. The summed E-state index contributed by atoms with van der Waals surface area (Å²) < 4.78 is 1.05. The van der Waals surface area contributed by atoms with Gasteiger partial charge in [0.15, 0.2) is 0 Å². The van der Waals surface area contributed by atoms with Crippen LogP contribution in [0.1, 0.15) is 9.43 Å². The van der Waals surface area contributed by atoms with Crippen LogP contribution in [0.5, 0.6) is 0 Å². The molecule has 1 aromatic carbocycles. The van der Waals surface area contributed by atoms with Crippen LogP contribution in [0.4, 0.5) is 0 Å². The summed E-state index contributed by atoms with van der Waals surface area (Å²) in [5.41, 5.74) is 1.72. The van der Waals surface area contributed by atoms with Gasteiger partial charge in [-0.2, -0.15) is 0 Å². The van der Waals surface area contributed by atoms with Crippen LogP contribution in [0, 0.1) is 0 Å². The predicted molar refractivity (Wildman–Crippen MR) is 75.0 cm³/mol. The van der Waals surface area contributed by atoms with E-state index < -0.39 is 0 Å². The molecule has 0 unspecified atom stereocenters. The molecule has 0 atom stereocenters. The SMILES string of the molecule is Clc1ccc(Br)c2ccc(C(Br)Br)nc12. The highest BCUT2D eigenvalue weighted by Crippen LogP contribution is 2.33. The molecule has 1 heterocycles. The summed E-state index contributed by atoms with van der Waals surface area (Å²) in [6, 6.07) is 7.72. The first-order chi connectivity index (χ1) is 7.09. The molecule has 0 spiro atoms. The molecule has 0 saturated heterocycles. The molecule has 0 aliphatic rings. The molecule has 0 aliphatic heterocycles. The van der Waals surface area contributed by atoms with Crippen molar-refractivity contribution in [1.82, 2.24) is 4.98 Å². The molecule has 1 nitrogen and oxygen atoms in total. The number of benzene rings is 1. The molecular weight excluding hydrogens is 409 g/mol. The van der Waals surface area contributed by atoms with Gasteiger partial charge in [-0.05, 0) is 24.3 Å². The van der Waals surface area contributed by atoms with E-state index in [1.807, 2.05) is 24.3 Å². The van der Waals surface area contributed by atoms with Crippen LogP contribution < -0.4 is 0 Å². The van der Waals surface area contributed by atoms with Crippen molar-refractivity contribution in [3.05, 3.63) is 39.5 Å². The zero-order chi connectivity index (χ0) is 11.0. The standard InChI is InChI=1S/C10H5Br3ClN/c11-6-2-3-7(14)9-5(6)1-4-8(15-9)10(12)13/h1-4,10H. The first-order valence-corrected chi connectivity index (χ1v) is 7.12. The molecule has 0 saturated carbocycles. The number of hydrogen-bond donors (Lipinski definition) is 0. The molecule has 15 heavy (non-hydrogen) atoms. The Balaban J connectivity index is 2.76. The van der Waals surface area contributed by atoms with Gasteiger partial charge in [0.25, 0.3) is 0 Å². The van der Waals surface area contributed by atoms with Crippen molar-refractivity contribution < 1.29 is 0 Å². The Morgan fingerprint density at radius 2 is 1.87 bits per heavy atom. The fourth-order valence-corrected chi connectivity index (χ4v) is 2.45. The predicted octanol–water partition coefficient (Wildman–Crippen LogP) is 5.44. The van der Waals surface area contributed by atoms with Gasteiger partial charge in [0.2, 0.25) is 0 Å². The quantitative estimate of drug-likeness (QED) is 0.567. The maximum Gasteiger partial charge on any atom is 0.112 e. The fourth-order valence-electron chi connectivity index (χ4n) is 1.29. The average Bonchev–Trinajstić information content (AvgIpc) is 2.23. The summed E-state index contributed by atoms with van der Waals surface area (Å²) in [5, 5.41) is 1.68. The molecule has 5 heteroatoms. The van der Waals surface area contributed by atoms with Crippen molar-refractivity contribution in [2.45, 2.75) is 3.74 Å². The second-order valence-corrected chi connectivity index (χ2v) is 7.28. The Hall–Kier alpha value is 0.360. The monoisotopic (exact) mass is 411 g/mol. The van der Waals surface area contributed by atoms with Gasteiger partial charge >= 0.3 is 0 Å². The van der Waals surface area contributed by atoms with Crippen LogP contribution in [-0.4, -0.2) is 4.98 Å². The molecule has 0 N–H and O–H groups in total. The molecule has 2 aromatic rings. The van der Waals surface area contributed by atoms with Crippen LogP contribution in [0.3, 0.4) is 0 Å². The summed E-state index contributed by atoms with van der Waals surface area (Å²) in [5.74, 6) is 0.